The number of carbonyl (C=O) groups is 2. The van der Waals surface area contributed by atoms with E-state index in [0.29, 0.717) is 18.5 Å². The molecule has 0 saturated carbocycles. The van der Waals surface area contributed by atoms with Gasteiger partial charge in [0.1, 0.15) is 0 Å². The molecule has 3 aromatic carbocycles. The Balaban J connectivity index is 1.64. The fourth-order valence-corrected chi connectivity index (χ4v) is 3.28. The molecule has 2 amide bonds. The van der Waals surface area contributed by atoms with Gasteiger partial charge in [-0.25, -0.2) is 0 Å². The Morgan fingerprint density at radius 2 is 1.31 bits per heavy atom. The van der Waals surface area contributed by atoms with Crippen molar-refractivity contribution in [2.45, 2.75) is 18.9 Å². The minimum absolute atomic E-state index is 0.00356. The fourth-order valence-electron chi connectivity index (χ4n) is 3.28. The molecule has 0 spiro atoms. The van der Waals surface area contributed by atoms with E-state index < -0.39 is 0 Å². The van der Waals surface area contributed by atoms with Gasteiger partial charge < -0.3 is 10.2 Å². The molecule has 0 atom stereocenters. The predicted molar refractivity (Wildman–Crippen MR) is 116 cm³/mol. The monoisotopic (exact) mass is 386 g/mol. The number of nitrogens with zero attached hydrogens (tertiary/aromatic N) is 1. The van der Waals surface area contributed by atoms with E-state index in [1.54, 1.807) is 31.1 Å². The van der Waals surface area contributed by atoms with Crippen LogP contribution in [-0.2, 0) is 11.3 Å². The molecule has 3 rings (SSSR count). The van der Waals surface area contributed by atoms with Crippen molar-refractivity contribution < 1.29 is 9.59 Å². The van der Waals surface area contributed by atoms with Crippen LogP contribution in [0.3, 0.4) is 0 Å². The molecule has 0 bridgehead atoms. The number of carbonyl (C=O) groups excluding carboxylic acids is 2. The second kappa shape index (κ2) is 9.69. The standard InChI is InChI=1S/C25H26N2O2/c1-27(2)25(29)22-15-13-19(14-16-22)18-26-24(28)17-23(20-9-5-3-6-10-20)21-11-7-4-8-12-21/h3-16,23H,17-18H2,1-2H3,(H,26,28). The van der Waals surface area contributed by atoms with Crippen LogP contribution in [0.4, 0.5) is 0 Å². The Hall–Kier alpha value is -3.40. The molecule has 0 aliphatic carbocycles. The SMILES string of the molecule is CN(C)C(=O)c1ccc(CNC(=O)CC(c2ccccc2)c2ccccc2)cc1. The molecular formula is C25H26N2O2. The van der Waals surface area contributed by atoms with Crippen molar-refractivity contribution in [2.24, 2.45) is 0 Å². The summed E-state index contributed by atoms with van der Waals surface area (Å²) in [5, 5.41) is 3.01. The van der Waals surface area contributed by atoms with E-state index in [9.17, 15) is 9.59 Å². The molecule has 0 saturated heterocycles. The molecule has 0 heterocycles. The third-order valence-corrected chi connectivity index (χ3v) is 4.89. The largest absolute Gasteiger partial charge is 0.352 e. The minimum atomic E-state index is -0.0332. The van der Waals surface area contributed by atoms with Crippen molar-refractivity contribution in [2.75, 3.05) is 14.1 Å². The molecule has 0 radical (unpaired) electrons. The molecule has 4 nitrogen and oxygen atoms in total. The highest BCUT2D eigenvalue weighted by atomic mass is 16.2. The van der Waals surface area contributed by atoms with Gasteiger partial charge in [0.05, 0.1) is 0 Å². The Morgan fingerprint density at radius 3 is 1.79 bits per heavy atom. The first-order valence-corrected chi connectivity index (χ1v) is 9.72. The normalized spacial score (nSPS) is 10.6. The highest BCUT2D eigenvalue weighted by Crippen LogP contribution is 2.27. The van der Waals surface area contributed by atoms with Gasteiger partial charge in [-0.15, -0.1) is 0 Å². The summed E-state index contributed by atoms with van der Waals surface area (Å²) >= 11 is 0. The Labute approximate surface area is 172 Å². The predicted octanol–water partition coefficient (Wildman–Crippen LogP) is 4.23. The zero-order valence-electron chi connectivity index (χ0n) is 16.8. The average molecular weight is 386 g/mol. The second-order valence-electron chi connectivity index (χ2n) is 7.25. The summed E-state index contributed by atoms with van der Waals surface area (Å²) < 4.78 is 0. The van der Waals surface area contributed by atoms with Crippen LogP contribution in [0.15, 0.2) is 84.9 Å². The maximum Gasteiger partial charge on any atom is 0.253 e. The first-order valence-electron chi connectivity index (χ1n) is 9.72. The lowest BCUT2D eigenvalue weighted by Gasteiger charge is -2.18. The molecule has 1 N–H and O–H groups in total. The van der Waals surface area contributed by atoms with E-state index in [-0.39, 0.29) is 17.7 Å². The van der Waals surface area contributed by atoms with E-state index in [1.165, 1.54) is 0 Å². The molecule has 0 fully saturated rings. The van der Waals surface area contributed by atoms with Crippen LogP contribution in [0.1, 0.15) is 39.4 Å². The number of hydrogen-bond donors (Lipinski definition) is 1. The highest BCUT2D eigenvalue weighted by Gasteiger charge is 2.18. The van der Waals surface area contributed by atoms with Crippen molar-refractivity contribution in [3.8, 4) is 0 Å². The van der Waals surface area contributed by atoms with Crippen molar-refractivity contribution in [3.63, 3.8) is 0 Å². The van der Waals surface area contributed by atoms with Crippen molar-refractivity contribution in [3.05, 3.63) is 107 Å². The minimum Gasteiger partial charge on any atom is -0.352 e. The summed E-state index contributed by atoms with van der Waals surface area (Å²) in [6.45, 7) is 0.436. The number of hydrogen-bond acceptors (Lipinski definition) is 2. The molecule has 0 aliphatic rings. The van der Waals surface area contributed by atoms with Crippen LogP contribution in [-0.4, -0.2) is 30.8 Å². The zero-order valence-corrected chi connectivity index (χ0v) is 16.8. The van der Waals surface area contributed by atoms with E-state index in [0.717, 1.165) is 16.7 Å². The summed E-state index contributed by atoms with van der Waals surface area (Å²) in [5.74, 6) is -0.0252. The highest BCUT2D eigenvalue weighted by molar-refractivity contribution is 5.93. The van der Waals surface area contributed by atoms with Gasteiger partial charge in [-0.3, -0.25) is 9.59 Å². The smallest absolute Gasteiger partial charge is 0.253 e. The molecule has 0 aromatic heterocycles. The second-order valence-corrected chi connectivity index (χ2v) is 7.25. The zero-order chi connectivity index (χ0) is 20.6. The van der Waals surface area contributed by atoms with Crippen LogP contribution >= 0.6 is 0 Å². The van der Waals surface area contributed by atoms with Gasteiger partial charge in [-0.2, -0.15) is 0 Å². The third-order valence-electron chi connectivity index (χ3n) is 4.89. The van der Waals surface area contributed by atoms with Gasteiger partial charge in [0.2, 0.25) is 5.91 Å². The number of benzene rings is 3. The van der Waals surface area contributed by atoms with Gasteiger partial charge in [0.25, 0.3) is 5.91 Å². The average Bonchev–Trinajstić information content (AvgIpc) is 2.77. The molecule has 3 aromatic rings. The van der Waals surface area contributed by atoms with E-state index in [1.807, 2.05) is 48.5 Å². The summed E-state index contributed by atoms with van der Waals surface area (Å²) in [7, 11) is 3.46. The number of amides is 2. The van der Waals surface area contributed by atoms with Crippen LogP contribution in [0.2, 0.25) is 0 Å². The lowest BCUT2D eigenvalue weighted by molar-refractivity contribution is -0.121. The maximum atomic E-state index is 12.7. The van der Waals surface area contributed by atoms with E-state index in [2.05, 4.69) is 29.6 Å². The summed E-state index contributed by atoms with van der Waals surface area (Å²) in [5.41, 5.74) is 3.85. The molecule has 29 heavy (non-hydrogen) atoms. The maximum absolute atomic E-state index is 12.7. The van der Waals surface area contributed by atoms with Gasteiger partial charge >= 0.3 is 0 Å². The van der Waals surface area contributed by atoms with Crippen LogP contribution < -0.4 is 5.32 Å². The van der Waals surface area contributed by atoms with Gasteiger partial charge in [-0.05, 0) is 28.8 Å². The molecule has 4 heteroatoms. The Morgan fingerprint density at radius 1 is 0.793 bits per heavy atom. The Bertz CT molecular complexity index is 896. The van der Waals surface area contributed by atoms with Crippen molar-refractivity contribution in [1.82, 2.24) is 10.2 Å². The van der Waals surface area contributed by atoms with Crippen molar-refractivity contribution >= 4 is 11.8 Å². The molecular weight excluding hydrogens is 360 g/mol. The van der Waals surface area contributed by atoms with E-state index >= 15 is 0 Å². The first kappa shape index (κ1) is 20.3. The molecule has 0 aliphatic heterocycles. The topological polar surface area (TPSA) is 49.4 Å². The Kier molecular flexibility index (Phi) is 6.80. The van der Waals surface area contributed by atoms with Gasteiger partial charge in [-0.1, -0.05) is 72.8 Å². The summed E-state index contributed by atoms with van der Waals surface area (Å²) in [4.78, 5) is 26.2. The first-order chi connectivity index (χ1) is 14.0. The van der Waals surface area contributed by atoms with Crippen LogP contribution in [0.25, 0.3) is 0 Å². The number of rotatable bonds is 7. The van der Waals surface area contributed by atoms with Crippen LogP contribution in [0.5, 0.6) is 0 Å². The van der Waals surface area contributed by atoms with Crippen LogP contribution in [0, 0.1) is 0 Å². The summed E-state index contributed by atoms with van der Waals surface area (Å²) in [6.07, 6.45) is 0.380. The third kappa shape index (κ3) is 5.55. The van der Waals surface area contributed by atoms with Crippen molar-refractivity contribution in [1.29, 1.82) is 0 Å². The summed E-state index contributed by atoms with van der Waals surface area (Å²) in [6, 6.07) is 27.5. The molecule has 0 unspecified atom stereocenters. The van der Waals surface area contributed by atoms with Gasteiger partial charge in [0.15, 0.2) is 0 Å². The quantitative estimate of drug-likeness (QED) is 0.661. The van der Waals surface area contributed by atoms with E-state index in [4.69, 9.17) is 0 Å². The lowest BCUT2D eigenvalue weighted by Crippen LogP contribution is -2.25. The van der Waals surface area contributed by atoms with Gasteiger partial charge in [0, 0.05) is 38.5 Å². The number of nitrogens with one attached hydrogen (secondary N) is 1. The molecule has 148 valence electrons. The lowest BCUT2D eigenvalue weighted by atomic mass is 9.88. The fraction of sp³-hybridized carbons (Fsp3) is 0.200.